The molecule has 0 aliphatic heterocycles. The molecular weight excluding hydrogens is 173 g/mol. The number of carboxylic acids is 1. The molecule has 0 aromatic rings. The molecule has 9 heavy (non-hydrogen) atoms. The van der Waals surface area contributed by atoms with Gasteiger partial charge in [0.25, 0.3) is 0 Å². The first-order valence-electron chi connectivity index (χ1n) is 1.77. The van der Waals surface area contributed by atoms with Gasteiger partial charge in [-0.25, -0.2) is 0 Å². The van der Waals surface area contributed by atoms with Gasteiger partial charge in [-0.1, -0.05) is 0 Å². The molecule has 1 atom stereocenters. The van der Waals surface area contributed by atoms with Crippen molar-refractivity contribution in [1.29, 1.82) is 0 Å². The van der Waals surface area contributed by atoms with Crippen molar-refractivity contribution in [1.82, 2.24) is 0 Å². The van der Waals surface area contributed by atoms with Gasteiger partial charge in [0.1, 0.15) is 6.04 Å². The van der Waals surface area contributed by atoms with Crippen LogP contribution in [0.15, 0.2) is 0 Å². The van der Waals surface area contributed by atoms with Gasteiger partial charge in [0.15, 0.2) is 0 Å². The molecule has 0 bridgehead atoms. The fraction of sp³-hybridized carbons (Fsp3) is 0.667. The molecule has 0 aromatic carbocycles. The van der Waals surface area contributed by atoms with Gasteiger partial charge < -0.3 is 12.3 Å². The van der Waals surface area contributed by atoms with E-state index in [2.05, 4.69) is 12.6 Å². The molecule has 0 aromatic heterocycles. The summed E-state index contributed by atoms with van der Waals surface area (Å²) in [5, 5.41) is 8.01. The van der Waals surface area contributed by atoms with Crippen LogP contribution in [-0.4, -0.2) is 22.9 Å². The average Bonchev–Trinajstić information content (AvgIpc) is 1.65. The van der Waals surface area contributed by atoms with Crippen LogP contribution in [0, 0.1) is 0 Å². The van der Waals surface area contributed by atoms with Gasteiger partial charge in [-0.3, -0.25) is 4.79 Å². The molecule has 0 rings (SSSR count). The van der Waals surface area contributed by atoms with E-state index in [-0.39, 0.29) is 49.1 Å². The van der Waals surface area contributed by atoms with E-state index < -0.39 is 12.0 Å². The van der Waals surface area contributed by atoms with Crippen molar-refractivity contribution in [3.05, 3.63) is 0 Å². The number of carboxylic acid groups (broad SMARTS) is 1. The fourth-order valence-electron chi connectivity index (χ4n) is 0.0781. The summed E-state index contributed by atoms with van der Waals surface area (Å²) in [6.45, 7) is 0. The van der Waals surface area contributed by atoms with E-state index in [9.17, 15) is 4.79 Å². The number of nitrogens with two attached hydrogens (primary N) is 1. The second kappa shape index (κ2) is 9.07. The first kappa shape index (κ1) is 16.6. The van der Waals surface area contributed by atoms with E-state index in [4.69, 9.17) is 10.8 Å². The summed E-state index contributed by atoms with van der Waals surface area (Å²) in [5.41, 5.74) is 4.94. The predicted molar refractivity (Wildman–Crippen MR) is 37.8 cm³/mol. The molecule has 52 valence electrons. The minimum Gasteiger partial charge on any atom is -1.00 e. The minimum absolute atomic E-state index is 0. The number of thiol groups is 1. The van der Waals surface area contributed by atoms with Gasteiger partial charge in [0.05, 0.1) is 0 Å². The monoisotopic (exact) mass is 181 g/mol. The zero-order chi connectivity index (χ0) is 5.86. The number of aliphatic carboxylic acids is 1. The Kier molecular flexibility index (Phi) is 16.7. The summed E-state index contributed by atoms with van der Waals surface area (Å²) in [6, 6.07) is -0.816. The molecule has 0 saturated heterocycles. The van der Waals surface area contributed by atoms with Gasteiger partial charge >= 0.3 is 35.5 Å². The summed E-state index contributed by atoms with van der Waals surface area (Å²) < 4.78 is 0. The fourth-order valence-corrected chi connectivity index (χ4v) is 0.234. The number of halogens is 1. The molecule has 0 aliphatic rings. The molecular formula is C3H9ClNNaO2S. The largest absolute Gasteiger partial charge is 1.00 e. The maximum atomic E-state index is 9.76. The maximum Gasteiger partial charge on any atom is 1.00 e. The van der Waals surface area contributed by atoms with E-state index >= 15 is 0 Å². The Labute approximate surface area is 89.0 Å². The maximum absolute atomic E-state index is 9.76. The van der Waals surface area contributed by atoms with Crippen LogP contribution < -0.4 is 35.3 Å². The van der Waals surface area contributed by atoms with Crippen molar-refractivity contribution >= 4 is 31.0 Å². The first-order chi connectivity index (χ1) is 3.18. The molecule has 6 heteroatoms. The Morgan fingerprint density at radius 2 is 2.22 bits per heavy atom. The Hall–Kier alpha value is 1.07. The summed E-state index contributed by atoms with van der Waals surface area (Å²) in [5.74, 6) is -0.815. The number of carbonyl (C=O) groups is 1. The van der Waals surface area contributed by atoms with Crippen LogP contribution in [0.25, 0.3) is 0 Å². The molecule has 0 spiro atoms. The van der Waals surface area contributed by atoms with Crippen LogP contribution in [0.3, 0.4) is 0 Å². The first-order valence-corrected chi connectivity index (χ1v) is 2.41. The van der Waals surface area contributed by atoms with Crippen molar-refractivity contribution in [3.63, 3.8) is 0 Å². The zero-order valence-corrected chi connectivity index (χ0v) is 8.78. The third kappa shape index (κ3) is 9.07. The van der Waals surface area contributed by atoms with E-state index in [1.165, 1.54) is 0 Å². The summed E-state index contributed by atoms with van der Waals surface area (Å²) in [7, 11) is 0. The van der Waals surface area contributed by atoms with Gasteiger partial charge in [-0.05, 0) is 0 Å². The van der Waals surface area contributed by atoms with Crippen molar-refractivity contribution in [2.75, 3.05) is 5.75 Å². The predicted octanol–water partition coefficient (Wildman–Crippen LogP) is -3.13. The van der Waals surface area contributed by atoms with E-state index in [1.54, 1.807) is 0 Å². The summed E-state index contributed by atoms with van der Waals surface area (Å²) in [4.78, 5) is 9.76. The quantitative estimate of drug-likeness (QED) is 0.312. The van der Waals surface area contributed by atoms with Gasteiger partial charge in [-0.15, -0.1) is 12.4 Å². The van der Waals surface area contributed by atoms with Crippen molar-refractivity contribution < 1.29 is 40.9 Å². The standard InChI is InChI=1S/C3H7NO2S.ClH.Na.H/c4-2(1-7)3(5)6;;;/h2,7H,1,4H2,(H,5,6);1H;;/q;;+1;-1/t2-;;;/m0.../s1. The Morgan fingerprint density at radius 1 is 1.89 bits per heavy atom. The second-order valence-corrected chi connectivity index (χ2v) is 1.49. The number of hydrogen-bond donors (Lipinski definition) is 3. The Morgan fingerprint density at radius 3 is 2.22 bits per heavy atom. The number of rotatable bonds is 2. The minimum atomic E-state index is -1.00. The van der Waals surface area contributed by atoms with E-state index in [1.807, 2.05) is 0 Å². The van der Waals surface area contributed by atoms with Crippen LogP contribution in [0.1, 0.15) is 1.43 Å². The normalized spacial score (nSPS) is 10.4. The van der Waals surface area contributed by atoms with Crippen LogP contribution in [0.5, 0.6) is 0 Å². The summed E-state index contributed by atoms with van der Waals surface area (Å²) >= 11 is 3.65. The molecule has 0 saturated carbocycles. The molecule has 0 fully saturated rings. The third-order valence-corrected chi connectivity index (χ3v) is 0.907. The third-order valence-electron chi connectivity index (χ3n) is 0.514. The van der Waals surface area contributed by atoms with Gasteiger partial charge in [-0.2, -0.15) is 12.6 Å². The van der Waals surface area contributed by atoms with Crippen LogP contribution in [-0.2, 0) is 4.79 Å². The smallest absolute Gasteiger partial charge is 1.00 e. The van der Waals surface area contributed by atoms with Crippen molar-refractivity contribution in [2.24, 2.45) is 5.73 Å². The average molecular weight is 182 g/mol. The number of hydrogen-bond acceptors (Lipinski definition) is 3. The van der Waals surface area contributed by atoms with Crippen LogP contribution in [0.2, 0.25) is 0 Å². The molecule has 3 nitrogen and oxygen atoms in total. The molecule has 0 radical (unpaired) electrons. The van der Waals surface area contributed by atoms with Gasteiger partial charge in [0.2, 0.25) is 0 Å². The van der Waals surface area contributed by atoms with Crippen molar-refractivity contribution in [2.45, 2.75) is 6.04 Å². The van der Waals surface area contributed by atoms with Crippen LogP contribution in [0.4, 0.5) is 0 Å². The van der Waals surface area contributed by atoms with E-state index in [0.29, 0.717) is 0 Å². The molecule has 0 unspecified atom stereocenters. The topological polar surface area (TPSA) is 63.3 Å². The SMILES string of the molecule is Cl.N[C@@H](CS)C(=O)O.[H-].[Na+]. The molecule has 0 amide bonds. The van der Waals surface area contributed by atoms with E-state index in [0.717, 1.165) is 0 Å². The Bertz CT molecular complexity index is 88.9. The summed E-state index contributed by atoms with van der Waals surface area (Å²) in [6.07, 6.45) is 0. The van der Waals surface area contributed by atoms with Crippen molar-refractivity contribution in [3.8, 4) is 0 Å². The molecule has 3 N–H and O–H groups in total. The second-order valence-electron chi connectivity index (χ2n) is 1.13. The molecule has 0 heterocycles. The van der Waals surface area contributed by atoms with Gasteiger partial charge in [0, 0.05) is 5.75 Å². The van der Waals surface area contributed by atoms with Crippen LogP contribution >= 0.6 is 25.0 Å². The molecule has 0 aliphatic carbocycles. The zero-order valence-electron chi connectivity index (χ0n) is 6.07. The Balaban J connectivity index is -0.0000000600.